The minimum Gasteiger partial charge on any atom is -0.346 e. The lowest BCUT2D eigenvalue weighted by Crippen LogP contribution is -2.75. The van der Waals surface area contributed by atoms with Gasteiger partial charge in [-0.2, -0.15) is 0 Å². The number of aryl methyl sites for hydroxylation is 1. The maximum absolute atomic E-state index is 4.82. The Labute approximate surface area is 176 Å². The molecule has 0 amide bonds. The van der Waals surface area contributed by atoms with Gasteiger partial charge in [0.25, 0.3) is 5.82 Å². The van der Waals surface area contributed by atoms with E-state index >= 15 is 0 Å². The van der Waals surface area contributed by atoms with Gasteiger partial charge in [0.1, 0.15) is 5.54 Å². The van der Waals surface area contributed by atoms with E-state index in [0.29, 0.717) is 0 Å². The van der Waals surface area contributed by atoms with Crippen molar-refractivity contribution in [3.05, 3.63) is 60.6 Å². The SMILES string of the molecule is CCCCc1cccc(N2C=CN3B2C(C)(CC)C(C)(CC)[n+]2ncccc23)c1. The van der Waals surface area contributed by atoms with Crippen LogP contribution in [0.4, 0.5) is 11.5 Å². The first kappa shape index (κ1) is 20.0. The zero-order valence-electron chi connectivity index (χ0n) is 18.6. The fraction of sp³-hybridized carbons (Fsp3) is 0.500. The number of rotatable bonds is 6. The third-order valence-corrected chi connectivity index (χ3v) is 7.63. The quantitative estimate of drug-likeness (QED) is 0.494. The number of unbranched alkanes of at least 4 members (excludes halogenated alkanes) is 1. The Hall–Kier alpha value is -2.30. The molecule has 0 saturated heterocycles. The van der Waals surface area contributed by atoms with Crippen LogP contribution in [0.25, 0.3) is 0 Å². The standard InChI is InChI=1S/C24H34BN4/c1-6-9-12-20-13-10-14-21(19-20)27-17-18-28-22-15-11-16-26-29(22)24(5,8-3)23(4,7-2)25(27)28/h10-11,13-19H,6-9,12H2,1-5H3/q+1. The third kappa shape index (κ3) is 2.89. The minimum atomic E-state index is -0.0659. The molecule has 0 saturated carbocycles. The van der Waals surface area contributed by atoms with Gasteiger partial charge in [-0.3, -0.25) is 4.81 Å². The highest BCUT2D eigenvalue weighted by atomic mass is 15.4. The van der Waals surface area contributed by atoms with Gasteiger partial charge in [-0.1, -0.05) is 51.3 Å². The van der Waals surface area contributed by atoms with Gasteiger partial charge in [-0.15, -0.1) is 4.68 Å². The molecule has 0 radical (unpaired) electrons. The van der Waals surface area contributed by atoms with Crippen molar-refractivity contribution in [2.45, 2.75) is 77.6 Å². The molecule has 0 aliphatic carbocycles. The molecule has 152 valence electrons. The van der Waals surface area contributed by atoms with Crippen LogP contribution in [0.3, 0.4) is 0 Å². The number of hydrogen-bond donors (Lipinski definition) is 0. The van der Waals surface area contributed by atoms with E-state index < -0.39 is 0 Å². The molecule has 4 nitrogen and oxygen atoms in total. The van der Waals surface area contributed by atoms with Gasteiger partial charge in [-0.05, 0) is 56.4 Å². The summed E-state index contributed by atoms with van der Waals surface area (Å²) in [5.41, 5.74) is 2.65. The van der Waals surface area contributed by atoms with Gasteiger partial charge in [0.15, 0.2) is 0 Å². The first-order chi connectivity index (χ1) is 14.0. The summed E-state index contributed by atoms with van der Waals surface area (Å²) in [5.74, 6) is 1.17. The molecule has 2 unspecified atom stereocenters. The van der Waals surface area contributed by atoms with Crippen molar-refractivity contribution in [3.63, 3.8) is 0 Å². The molecular weight excluding hydrogens is 355 g/mol. The molecule has 0 fully saturated rings. The van der Waals surface area contributed by atoms with Gasteiger partial charge in [-0.25, -0.2) is 0 Å². The number of aromatic nitrogens is 2. The normalized spacial score (nSPS) is 25.3. The smallest absolute Gasteiger partial charge is 0.346 e. The van der Waals surface area contributed by atoms with Crippen LogP contribution in [0, 0.1) is 0 Å². The molecule has 29 heavy (non-hydrogen) atoms. The molecule has 0 N–H and O–H groups in total. The van der Waals surface area contributed by atoms with Crippen LogP contribution in [0.15, 0.2) is 55.0 Å². The van der Waals surface area contributed by atoms with Crippen LogP contribution in [0.5, 0.6) is 0 Å². The molecular formula is C24H34BN4+. The zero-order valence-corrected chi connectivity index (χ0v) is 18.6. The summed E-state index contributed by atoms with van der Waals surface area (Å²) in [5, 5.41) is 4.84. The lowest BCUT2D eigenvalue weighted by atomic mass is 9.39. The maximum atomic E-state index is 4.82. The van der Waals surface area contributed by atoms with E-state index in [2.05, 4.69) is 97.7 Å². The third-order valence-electron chi connectivity index (χ3n) is 7.63. The van der Waals surface area contributed by atoms with E-state index in [1.165, 1.54) is 29.9 Å². The molecule has 2 atom stereocenters. The molecule has 2 aliphatic heterocycles. The fourth-order valence-electron chi connectivity index (χ4n) is 5.31. The lowest BCUT2D eigenvalue weighted by Gasteiger charge is -2.50. The van der Waals surface area contributed by atoms with Gasteiger partial charge >= 0.3 is 6.98 Å². The van der Waals surface area contributed by atoms with Crippen LogP contribution in [0.2, 0.25) is 5.31 Å². The van der Waals surface area contributed by atoms with Crippen LogP contribution in [0.1, 0.15) is 65.9 Å². The van der Waals surface area contributed by atoms with E-state index in [9.17, 15) is 0 Å². The molecule has 0 spiro atoms. The van der Waals surface area contributed by atoms with E-state index in [1.807, 2.05) is 6.20 Å². The summed E-state index contributed by atoms with van der Waals surface area (Å²) in [4.78, 5) is 4.91. The van der Waals surface area contributed by atoms with E-state index in [1.54, 1.807) is 0 Å². The number of nitrogens with zero attached hydrogens (tertiary/aromatic N) is 4. The Bertz CT molecular complexity index is 913. The minimum absolute atomic E-state index is 0.0245. The van der Waals surface area contributed by atoms with E-state index in [0.717, 1.165) is 19.3 Å². The fourth-order valence-corrected chi connectivity index (χ4v) is 5.31. The second-order valence-corrected chi connectivity index (χ2v) is 8.95. The van der Waals surface area contributed by atoms with Crippen molar-refractivity contribution < 1.29 is 4.68 Å². The predicted molar refractivity (Wildman–Crippen MR) is 122 cm³/mol. The summed E-state index contributed by atoms with van der Waals surface area (Å²) in [6, 6.07) is 13.4. The Morgan fingerprint density at radius 1 is 1.00 bits per heavy atom. The zero-order chi connectivity index (χ0) is 20.6. The Morgan fingerprint density at radius 2 is 1.79 bits per heavy atom. The molecule has 3 heterocycles. The first-order valence-corrected chi connectivity index (χ1v) is 11.2. The largest absolute Gasteiger partial charge is 0.516 e. The van der Waals surface area contributed by atoms with Crippen molar-refractivity contribution >= 4 is 18.5 Å². The van der Waals surface area contributed by atoms with Crippen LogP contribution < -0.4 is 14.3 Å². The van der Waals surface area contributed by atoms with Crippen LogP contribution >= 0.6 is 0 Å². The molecule has 2 aromatic rings. The maximum Gasteiger partial charge on any atom is 0.516 e. The Kier molecular flexibility index (Phi) is 5.18. The summed E-state index contributed by atoms with van der Waals surface area (Å²) >= 11 is 0. The lowest BCUT2D eigenvalue weighted by molar-refractivity contribution is -0.809. The number of fused-ring (bicyclic) bond motifs is 3. The van der Waals surface area contributed by atoms with Crippen LogP contribution in [-0.2, 0) is 12.0 Å². The van der Waals surface area contributed by atoms with E-state index in [-0.39, 0.29) is 17.8 Å². The predicted octanol–water partition coefficient (Wildman–Crippen LogP) is 5.31. The van der Waals surface area contributed by atoms with Gasteiger partial charge in [0, 0.05) is 18.0 Å². The monoisotopic (exact) mass is 389 g/mol. The summed E-state index contributed by atoms with van der Waals surface area (Å²) in [7, 11) is 0. The highest BCUT2D eigenvalue weighted by molar-refractivity contribution is 6.72. The Balaban J connectivity index is 1.82. The average Bonchev–Trinajstić information content (AvgIpc) is 3.22. The van der Waals surface area contributed by atoms with Crippen molar-refractivity contribution in [1.29, 1.82) is 0 Å². The highest BCUT2D eigenvalue weighted by Crippen LogP contribution is 2.55. The van der Waals surface area contributed by atoms with E-state index in [4.69, 9.17) is 5.10 Å². The van der Waals surface area contributed by atoms with Gasteiger partial charge < -0.3 is 4.81 Å². The molecule has 0 bridgehead atoms. The summed E-state index contributed by atoms with van der Waals surface area (Å²) in [6.45, 7) is 12.0. The number of benzene rings is 1. The second kappa shape index (κ2) is 7.51. The Morgan fingerprint density at radius 3 is 2.52 bits per heavy atom. The van der Waals surface area contributed by atoms with Gasteiger partial charge in [0.05, 0.1) is 17.7 Å². The summed E-state index contributed by atoms with van der Waals surface area (Å²) < 4.78 is 2.26. The number of anilines is 2. The molecule has 1 aromatic carbocycles. The summed E-state index contributed by atoms with van der Waals surface area (Å²) in [6.07, 6.45) is 12.2. The van der Waals surface area contributed by atoms with Crippen LogP contribution in [-0.4, -0.2) is 12.1 Å². The molecule has 5 heteroatoms. The molecule has 2 aliphatic rings. The van der Waals surface area contributed by atoms with Crippen molar-refractivity contribution in [2.24, 2.45) is 0 Å². The average molecular weight is 389 g/mol. The van der Waals surface area contributed by atoms with Crippen molar-refractivity contribution in [3.8, 4) is 0 Å². The molecule has 1 aromatic heterocycles. The highest BCUT2D eigenvalue weighted by Gasteiger charge is 2.68. The van der Waals surface area contributed by atoms with Crippen molar-refractivity contribution in [1.82, 2.24) is 5.10 Å². The first-order valence-electron chi connectivity index (χ1n) is 11.2. The molecule has 4 rings (SSSR count). The second-order valence-electron chi connectivity index (χ2n) is 8.95. The number of hydrogen-bond acceptors (Lipinski definition) is 3. The topological polar surface area (TPSA) is 23.2 Å². The van der Waals surface area contributed by atoms with Gasteiger partial charge in [0.2, 0.25) is 0 Å². The van der Waals surface area contributed by atoms with Crippen molar-refractivity contribution in [2.75, 3.05) is 9.62 Å².